The lowest BCUT2D eigenvalue weighted by molar-refractivity contribution is 0.105. The number of methoxy groups -OCH3 is 1. The first kappa shape index (κ1) is 11.3. The quantitative estimate of drug-likeness (QED) is 0.296. The summed E-state index contributed by atoms with van der Waals surface area (Å²) in [6, 6.07) is 0.0418. The molecule has 5 nitrogen and oxygen atoms in total. The highest BCUT2D eigenvalue weighted by Crippen LogP contribution is 2.16. The van der Waals surface area contributed by atoms with Gasteiger partial charge >= 0.3 is 0 Å². The molecule has 1 saturated heterocycles. The molecule has 0 spiro atoms. The van der Waals surface area contributed by atoms with Crippen molar-refractivity contribution in [3.63, 3.8) is 0 Å². The Morgan fingerprint density at radius 2 is 2.50 bits per heavy atom. The van der Waals surface area contributed by atoms with E-state index >= 15 is 0 Å². The molecule has 2 unspecified atom stereocenters. The summed E-state index contributed by atoms with van der Waals surface area (Å²) in [6.45, 7) is 3.85. The van der Waals surface area contributed by atoms with Crippen LogP contribution < -0.4 is 5.73 Å². The number of nitrogens with zero attached hydrogens (tertiary/aromatic N) is 2. The molecule has 1 rings (SSSR count). The Bertz CT molecular complexity index is 208. The van der Waals surface area contributed by atoms with E-state index < -0.39 is 0 Å². The molecule has 0 amide bonds. The van der Waals surface area contributed by atoms with E-state index in [2.05, 4.69) is 10.1 Å². The summed E-state index contributed by atoms with van der Waals surface area (Å²) in [5, 5.41) is 11.7. The lowest BCUT2D eigenvalue weighted by atomic mass is 10.2. The smallest absolute Gasteiger partial charge is 0.156 e. The monoisotopic (exact) mass is 201 g/mol. The Morgan fingerprint density at radius 1 is 1.79 bits per heavy atom. The van der Waals surface area contributed by atoms with Gasteiger partial charge in [0, 0.05) is 20.2 Å². The van der Waals surface area contributed by atoms with Crippen molar-refractivity contribution in [2.45, 2.75) is 31.9 Å². The fourth-order valence-electron chi connectivity index (χ4n) is 1.95. The van der Waals surface area contributed by atoms with Gasteiger partial charge in [0.1, 0.15) is 0 Å². The highest BCUT2D eigenvalue weighted by molar-refractivity contribution is 5.85. The summed E-state index contributed by atoms with van der Waals surface area (Å²) < 4.78 is 5.26. The predicted molar refractivity (Wildman–Crippen MR) is 54.5 cm³/mol. The molecule has 1 heterocycles. The molecular weight excluding hydrogens is 182 g/mol. The van der Waals surface area contributed by atoms with Gasteiger partial charge in [-0.1, -0.05) is 12.1 Å². The summed E-state index contributed by atoms with van der Waals surface area (Å²) in [4.78, 5) is 2.20. The molecule has 0 aromatic carbocycles. The van der Waals surface area contributed by atoms with Crippen LogP contribution in [0.5, 0.6) is 0 Å². The zero-order valence-electron chi connectivity index (χ0n) is 8.81. The third kappa shape index (κ3) is 2.36. The standard InChI is InChI=1S/C9H19N3O2/c1-3-8(9(10)11-13)12-5-4-7(6-12)14-2/h7-8,13H,3-6H2,1-2H3,(H2,10,11). The van der Waals surface area contributed by atoms with Gasteiger partial charge in [-0.25, -0.2) is 0 Å². The van der Waals surface area contributed by atoms with E-state index in [-0.39, 0.29) is 12.1 Å². The van der Waals surface area contributed by atoms with Crippen LogP contribution >= 0.6 is 0 Å². The van der Waals surface area contributed by atoms with Crippen LogP contribution in [0.25, 0.3) is 0 Å². The Balaban J connectivity index is 2.55. The molecule has 1 aliphatic rings. The maximum Gasteiger partial charge on any atom is 0.156 e. The van der Waals surface area contributed by atoms with Crippen molar-refractivity contribution >= 4 is 5.84 Å². The number of ether oxygens (including phenoxy) is 1. The average molecular weight is 201 g/mol. The van der Waals surface area contributed by atoms with Crippen LogP contribution in [-0.2, 0) is 4.74 Å². The first-order chi connectivity index (χ1) is 6.72. The van der Waals surface area contributed by atoms with Crippen LogP contribution in [0.2, 0.25) is 0 Å². The van der Waals surface area contributed by atoms with Crippen LogP contribution in [0.4, 0.5) is 0 Å². The minimum Gasteiger partial charge on any atom is -0.409 e. The molecule has 82 valence electrons. The molecule has 0 aromatic heterocycles. The molecule has 14 heavy (non-hydrogen) atoms. The number of nitrogens with two attached hydrogens (primary N) is 1. The summed E-state index contributed by atoms with van der Waals surface area (Å²) >= 11 is 0. The van der Waals surface area contributed by atoms with Crippen molar-refractivity contribution in [1.82, 2.24) is 4.90 Å². The highest BCUT2D eigenvalue weighted by Gasteiger charge is 2.29. The summed E-state index contributed by atoms with van der Waals surface area (Å²) in [7, 11) is 1.72. The van der Waals surface area contributed by atoms with Gasteiger partial charge in [0.2, 0.25) is 0 Å². The van der Waals surface area contributed by atoms with Crippen molar-refractivity contribution in [3.8, 4) is 0 Å². The first-order valence-corrected chi connectivity index (χ1v) is 4.97. The van der Waals surface area contributed by atoms with Crippen LogP contribution in [0.1, 0.15) is 19.8 Å². The minimum absolute atomic E-state index is 0.0418. The van der Waals surface area contributed by atoms with Gasteiger partial charge in [0.25, 0.3) is 0 Å². The summed E-state index contributed by atoms with van der Waals surface area (Å²) in [6.07, 6.45) is 2.16. The number of hydrogen-bond donors (Lipinski definition) is 2. The number of hydrogen-bond acceptors (Lipinski definition) is 4. The van der Waals surface area contributed by atoms with E-state index in [1.165, 1.54) is 0 Å². The molecule has 0 aromatic rings. The zero-order valence-corrected chi connectivity index (χ0v) is 8.81. The summed E-state index contributed by atoms with van der Waals surface area (Å²) in [5.41, 5.74) is 5.61. The normalized spacial score (nSPS) is 26.7. The van der Waals surface area contributed by atoms with Crippen LogP contribution in [0.15, 0.2) is 5.16 Å². The third-order valence-corrected chi connectivity index (χ3v) is 2.79. The van der Waals surface area contributed by atoms with E-state index in [1.807, 2.05) is 6.92 Å². The molecular formula is C9H19N3O2. The number of amidine groups is 1. The molecule has 0 aliphatic carbocycles. The third-order valence-electron chi connectivity index (χ3n) is 2.79. The lowest BCUT2D eigenvalue weighted by Gasteiger charge is -2.25. The Labute approximate surface area is 84.5 Å². The number of likely N-dealkylation sites (tertiary alicyclic amines) is 1. The van der Waals surface area contributed by atoms with Gasteiger partial charge in [-0.15, -0.1) is 0 Å². The lowest BCUT2D eigenvalue weighted by Crippen LogP contribution is -2.43. The van der Waals surface area contributed by atoms with Crippen LogP contribution in [-0.4, -0.2) is 48.3 Å². The second-order valence-corrected chi connectivity index (χ2v) is 3.59. The molecule has 3 N–H and O–H groups in total. The van der Waals surface area contributed by atoms with Gasteiger partial charge in [-0.2, -0.15) is 0 Å². The predicted octanol–water partition coefficient (Wildman–Crippen LogP) is 0.232. The largest absolute Gasteiger partial charge is 0.409 e. The number of oxime groups is 1. The van der Waals surface area contributed by atoms with Gasteiger partial charge < -0.3 is 15.7 Å². The second-order valence-electron chi connectivity index (χ2n) is 3.59. The van der Waals surface area contributed by atoms with Gasteiger partial charge in [0.15, 0.2) is 5.84 Å². The molecule has 1 fully saturated rings. The van der Waals surface area contributed by atoms with Gasteiger partial charge in [-0.05, 0) is 12.8 Å². The molecule has 5 heteroatoms. The maximum atomic E-state index is 8.62. The van der Waals surface area contributed by atoms with Gasteiger partial charge in [-0.3, -0.25) is 4.90 Å². The van der Waals surface area contributed by atoms with E-state index in [9.17, 15) is 0 Å². The van der Waals surface area contributed by atoms with Gasteiger partial charge in [0.05, 0.1) is 12.1 Å². The van der Waals surface area contributed by atoms with E-state index in [0.29, 0.717) is 5.84 Å². The van der Waals surface area contributed by atoms with Crippen LogP contribution in [0, 0.1) is 0 Å². The molecule has 0 radical (unpaired) electrons. The first-order valence-electron chi connectivity index (χ1n) is 4.97. The maximum absolute atomic E-state index is 8.62. The minimum atomic E-state index is 0.0418. The zero-order chi connectivity index (χ0) is 10.6. The second kappa shape index (κ2) is 5.17. The Morgan fingerprint density at radius 3 is 2.93 bits per heavy atom. The highest BCUT2D eigenvalue weighted by atomic mass is 16.5. The SMILES string of the molecule is CCC(C(N)=NO)N1CCC(OC)C1. The molecule has 2 atom stereocenters. The van der Waals surface area contributed by atoms with Crippen LogP contribution in [0.3, 0.4) is 0 Å². The molecule has 0 saturated carbocycles. The van der Waals surface area contributed by atoms with Crippen molar-refractivity contribution < 1.29 is 9.94 Å². The topological polar surface area (TPSA) is 71.1 Å². The van der Waals surface area contributed by atoms with Crippen molar-refractivity contribution in [3.05, 3.63) is 0 Å². The van der Waals surface area contributed by atoms with E-state index in [0.717, 1.165) is 25.9 Å². The summed E-state index contributed by atoms with van der Waals surface area (Å²) in [5.74, 6) is 0.296. The van der Waals surface area contributed by atoms with Crippen molar-refractivity contribution in [1.29, 1.82) is 0 Å². The fraction of sp³-hybridized carbons (Fsp3) is 0.889. The van der Waals surface area contributed by atoms with E-state index in [4.69, 9.17) is 15.7 Å². The average Bonchev–Trinajstić information content (AvgIpc) is 2.67. The van der Waals surface area contributed by atoms with Crippen molar-refractivity contribution in [2.24, 2.45) is 10.9 Å². The fourth-order valence-corrected chi connectivity index (χ4v) is 1.95. The molecule has 0 bridgehead atoms. The van der Waals surface area contributed by atoms with Crippen molar-refractivity contribution in [2.75, 3.05) is 20.2 Å². The van der Waals surface area contributed by atoms with E-state index in [1.54, 1.807) is 7.11 Å². The Kier molecular flexibility index (Phi) is 4.16. The number of rotatable bonds is 4. The Hall–Kier alpha value is -0.810. The molecule has 1 aliphatic heterocycles.